The van der Waals surface area contributed by atoms with Crippen LogP contribution in [0, 0.1) is 5.92 Å². The molecule has 152 valence electrons. The maximum atomic E-state index is 12.5. The molecule has 3 rings (SSSR count). The van der Waals surface area contributed by atoms with Gasteiger partial charge >= 0.3 is 0 Å². The quantitative estimate of drug-likeness (QED) is 0.608. The van der Waals surface area contributed by atoms with Crippen molar-refractivity contribution in [1.29, 1.82) is 0 Å². The van der Waals surface area contributed by atoms with Gasteiger partial charge in [-0.2, -0.15) is 0 Å². The number of nitrogens with one attached hydrogen (secondary N) is 2. The number of hydrogen-bond acceptors (Lipinski definition) is 3. The van der Waals surface area contributed by atoms with E-state index in [-0.39, 0.29) is 17.4 Å². The fourth-order valence-electron chi connectivity index (χ4n) is 3.59. The lowest BCUT2D eigenvalue weighted by atomic mass is 9.85. The molecule has 0 aliphatic carbocycles. The van der Waals surface area contributed by atoms with Gasteiger partial charge in [-0.05, 0) is 47.4 Å². The second-order valence-electron chi connectivity index (χ2n) is 7.64. The van der Waals surface area contributed by atoms with Gasteiger partial charge in [-0.15, -0.1) is 0 Å². The lowest BCUT2D eigenvalue weighted by Crippen LogP contribution is -2.29. The number of pyridine rings is 1. The van der Waals surface area contributed by atoms with E-state index in [9.17, 15) is 9.59 Å². The number of H-pyrrole nitrogens is 1. The predicted molar refractivity (Wildman–Crippen MR) is 116 cm³/mol. The van der Waals surface area contributed by atoms with Crippen LogP contribution in [0.2, 0.25) is 0 Å². The first-order chi connectivity index (χ1) is 14.0. The number of hydrogen-bond donors (Lipinski definition) is 2. The van der Waals surface area contributed by atoms with E-state index in [1.807, 2.05) is 36.4 Å². The van der Waals surface area contributed by atoms with Crippen LogP contribution in [-0.2, 0) is 11.2 Å². The number of carbonyl (C=O) groups excluding carboxylic acids is 1. The number of aromatic amines is 1. The Morgan fingerprint density at radius 2 is 1.86 bits per heavy atom. The molecule has 1 atom stereocenters. The lowest BCUT2D eigenvalue weighted by Gasteiger charge is -2.21. The Hall–Kier alpha value is -3.08. The fourth-order valence-corrected chi connectivity index (χ4v) is 3.59. The Kier molecular flexibility index (Phi) is 6.70. The van der Waals surface area contributed by atoms with Gasteiger partial charge in [-0.25, -0.2) is 0 Å². The zero-order chi connectivity index (χ0) is 20.8. The third-order valence-electron chi connectivity index (χ3n) is 5.28. The van der Waals surface area contributed by atoms with Gasteiger partial charge < -0.3 is 15.0 Å². The van der Waals surface area contributed by atoms with E-state index >= 15 is 0 Å². The van der Waals surface area contributed by atoms with Crippen LogP contribution in [0.15, 0.2) is 59.4 Å². The van der Waals surface area contributed by atoms with Crippen molar-refractivity contribution in [2.75, 3.05) is 13.7 Å². The van der Waals surface area contributed by atoms with Gasteiger partial charge in [0.15, 0.2) is 0 Å². The molecule has 3 aromatic rings. The molecule has 1 heterocycles. The SMILES string of the molecule is COc1ccc2cc(CCNC(=O)CC(c3ccccc3)C(C)C)c(=O)[nH]c2c1. The lowest BCUT2D eigenvalue weighted by molar-refractivity contribution is -0.121. The van der Waals surface area contributed by atoms with Crippen molar-refractivity contribution in [2.45, 2.75) is 32.6 Å². The molecular weight excluding hydrogens is 364 g/mol. The second-order valence-corrected chi connectivity index (χ2v) is 7.64. The molecule has 0 radical (unpaired) electrons. The molecule has 0 bridgehead atoms. The zero-order valence-corrected chi connectivity index (χ0v) is 17.2. The van der Waals surface area contributed by atoms with E-state index < -0.39 is 0 Å². The van der Waals surface area contributed by atoms with Crippen molar-refractivity contribution in [2.24, 2.45) is 5.92 Å². The standard InChI is InChI=1S/C24H28N2O3/c1-16(2)21(17-7-5-4-6-8-17)15-23(27)25-12-11-19-13-18-9-10-20(29-3)14-22(18)26-24(19)28/h4-10,13-14,16,21H,11-12,15H2,1-3H3,(H,25,27)(H,26,28). The summed E-state index contributed by atoms with van der Waals surface area (Å²) in [4.78, 5) is 27.7. The third-order valence-corrected chi connectivity index (χ3v) is 5.28. The monoisotopic (exact) mass is 392 g/mol. The predicted octanol–water partition coefficient (Wildman–Crippen LogP) is 4.03. The van der Waals surface area contributed by atoms with E-state index in [1.165, 1.54) is 5.56 Å². The average Bonchev–Trinajstić information content (AvgIpc) is 2.72. The summed E-state index contributed by atoms with van der Waals surface area (Å²) in [5.41, 5.74) is 2.44. The number of carbonyl (C=O) groups is 1. The van der Waals surface area contributed by atoms with E-state index in [2.05, 4.69) is 36.3 Å². The molecule has 1 unspecified atom stereocenters. The highest BCUT2D eigenvalue weighted by Crippen LogP contribution is 2.27. The second kappa shape index (κ2) is 9.41. The summed E-state index contributed by atoms with van der Waals surface area (Å²) >= 11 is 0. The molecule has 1 aromatic heterocycles. The molecule has 0 aliphatic heterocycles. The molecule has 2 aromatic carbocycles. The van der Waals surface area contributed by atoms with Gasteiger partial charge in [0.25, 0.3) is 5.56 Å². The van der Waals surface area contributed by atoms with Crippen LogP contribution >= 0.6 is 0 Å². The van der Waals surface area contributed by atoms with Gasteiger partial charge in [0, 0.05) is 24.6 Å². The van der Waals surface area contributed by atoms with Crippen molar-refractivity contribution in [3.05, 3.63) is 76.1 Å². The normalized spacial score (nSPS) is 12.1. The Bertz CT molecular complexity index is 1030. The summed E-state index contributed by atoms with van der Waals surface area (Å²) in [5, 5.41) is 3.91. The molecule has 0 saturated heterocycles. The van der Waals surface area contributed by atoms with Gasteiger partial charge in [-0.3, -0.25) is 9.59 Å². The van der Waals surface area contributed by atoms with Crippen LogP contribution in [-0.4, -0.2) is 24.5 Å². The highest BCUT2D eigenvalue weighted by atomic mass is 16.5. The number of fused-ring (bicyclic) bond motifs is 1. The molecule has 1 amide bonds. The first-order valence-electron chi connectivity index (χ1n) is 9.99. The van der Waals surface area contributed by atoms with Gasteiger partial charge in [0.2, 0.25) is 5.91 Å². The molecule has 0 aliphatic rings. The largest absolute Gasteiger partial charge is 0.497 e. The highest BCUT2D eigenvalue weighted by Gasteiger charge is 2.19. The Morgan fingerprint density at radius 3 is 2.55 bits per heavy atom. The number of benzene rings is 2. The molecular formula is C24H28N2O3. The summed E-state index contributed by atoms with van der Waals surface area (Å²) in [6.45, 7) is 4.70. The van der Waals surface area contributed by atoms with Crippen LogP contribution in [0.25, 0.3) is 10.9 Å². The van der Waals surface area contributed by atoms with Crippen LogP contribution in [0.4, 0.5) is 0 Å². The van der Waals surface area contributed by atoms with E-state index in [4.69, 9.17) is 4.74 Å². The van der Waals surface area contributed by atoms with Crippen LogP contribution in [0.1, 0.15) is 37.3 Å². The molecule has 5 nitrogen and oxygen atoms in total. The minimum absolute atomic E-state index is 0.00880. The Morgan fingerprint density at radius 1 is 1.10 bits per heavy atom. The van der Waals surface area contributed by atoms with Crippen molar-refractivity contribution in [1.82, 2.24) is 10.3 Å². The van der Waals surface area contributed by atoms with Gasteiger partial charge in [0.1, 0.15) is 5.75 Å². The maximum absolute atomic E-state index is 12.5. The van der Waals surface area contributed by atoms with Crippen molar-refractivity contribution >= 4 is 16.8 Å². The summed E-state index contributed by atoms with van der Waals surface area (Å²) < 4.78 is 5.19. The number of amides is 1. The van der Waals surface area contributed by atoms with E-state index in [0.717, 1.165) is 10.9 Å². The molecule has 0 saturated carbocycles. The summed E-state index contributed by atoms with van der Waals surface area (Å²) in [5.74, 6) is 1.25. The third kappa shape index (κ3) is 5.25. The molecule has 5 heteroatoms. The smallest absolute Gasteiger partial charge is 0.251 e. The summed E-state index contributed by atoms with van der Waals surface area (Å²) in [6, 6.07) is 17.6. The molecule has 0 spiro atoms. The first-order valence-corrected chi connectivity index (χ1v) is 9.99. The Balaban J connectivity index is 1.61. The van der Waals surface area contributed by atoms with Crippen molar-refractivity contribution < 1.29 is 9.53 Å². The maximum Gasteiger partial charge on any atom is 0.251 e. The number of ether oxygens (including phenoxy) is 1. The zero-order valence-electron chi connectivity index (χ0n) is 17.2. The van der Waals surface area contributed by atoms with Crippen molar-refractivity contribution in [3.8, 4) is 5.75 Å². The van der Waals surface area contributed by atoms with E-state index in [0.29, 0.717) is 36.6 Å². The number of rotatable bonds is 8. The average molecular weight is 392 g/mol. The Labute approximate surface area is 171 Å². The van der Waals surface area contributed by atoms with Crippen molar-refractivity contribution in [3.63, 3.8) is 0 Å². The number of aromatic nitrogens is 1. The summed E-state index contributed by atoms with van der Waals surface area (Å²) in [7, 11) is 1.60. The van der Waals surface area contributed by atoms with Gasteiger partial charge in [-0.1, -0.05) is 44.2 Å². The van der Waals surface area contributed by atoms with Crippen LogP contribution in [0.5, 0.6) is 5.75 Å². The fraction of sp³-hybridized carbons (Fsp3) is 0.333. The minimum Gasteiger partial charge on any atom is -0.497 e. The summed E-state index contributed by atoms with van der Waals surface area (Å²) in [6.07, 6.45) is 0.927. The molecule has 0 fully saturated rings. The number of methoxy groups -OCH3 is 1. The topological polar surface area (TPSA) is 71.2 Å². The van der Waals surface area contributed by atoms with E-state index in [1.54, 1.807) is 13.2 Å². The van der Waals surface area contributed by atoms with Crippen LogP contribution in [0.3, 0.4) is 0 Å². The minimum atomic E-state index is -0.135. The van der Waals surface area contributed by atoms with Crippen LogP contribution < -0.4 is 15.6 Å². The highest BCUT2D eigenvalue weighted by molar-refractivity contribution is 5.80. The molecule has 29 heavy (non-hydrogen) atoms. The first kappa shape index (κ1) is 20.6. The molecule has 2 N–H and O–H groups in total. The van der Waals surface area contributed by atoms with Gasteiger partial charge in [0.05, 0.1) is 12.6 Å².